The minimum Gasteiger partial charge on any atom is -0.481 e. The van der Waals surface area contributed by atoms with Crippen molar-refractivity contribution < 1.29 is 58.8 Å². The number of carboxylic acid groups (broad SMARTS) is 2. The third-order valence-electron chi connectivity index (χ3n) is 6.77. The summed E-state index contributed by atoms with van der Waals surface area (Å²) in [4.78, 5) is 86.9. The predicted octanol–water partition coefficient (Wildman–Crippen LogP) is -0.373. The molecule has 0 bridgehead atoms. The average Bonchev–Trinajstić information content (AvgIpc) is 2.81. The fraction of sp³-hybridized carbons (Fsp3) is 0.833. The van der Waals surface area contributed by atoms with Crippen LogP contribution in [0.25, 0.3) is 0 Å². The molecule has 0 amide bonds. The molecule has 0 aromatic heterocycles. The molecule has 38 heavy (non-hydrogen) atoms. The first kappa shape index (κ1) is 30.2. The molecule has 2 aliphatic carbocycles. The molecule has 0 radical (unpaired) electrons. The van der Waals surface area contributed by atoms with Gasteiger partial charge in [0.1, 0.15) is 5.92 Å². The Labute approximate surface area is 211 Å². The van der Waals surface area contributed by atoms with E-state index in [1.807, 2.05) is 0 Å². The number of nitrogens with zero attached hydrogens (tertiary/aromatic N) is 4. The molecule has 0 aliphatic heterocycles. The highest BCUT2D eigenvalue weighted by molar-refractivity contribution is 5.82. The maximum Gasteiger partial charge on any atom is 0.319 e. The summed E-state index contributed by atoms with van der Waals surface area (Å²) < 4.78 is 4.84. The zero-order valence-electron chi connectivity index (χ0n) is 19.6. The topological polar surface area (TPSA) is 292 Å². The molecule has 0 heterocycles. The lowest BCUT2D eigenvalue weighted by atomic mass is 9.73. The number of hydrogen-bond acceptors (Lipinski definition) is 14. The van der Waals surface area contributed by atoms with E-state index < -0.39 is 111 Å². The standard InChI is InChI=1S/C18H24N4O16/c1-7(37-18(27)13-9(17(25)26)3-5-12(20(30)31)15(13)22(34)35)38-36-6-10-8(16(23)24)2-4-11(19(28)29)14(10)21(32)33/h7-15H,2-6H2,1H3,(H,23,24)(H,25,26). The van der Waals surface area contributed by atoms with Gasteiger partial charge in [0.15, 0.2) is 0 Å². The minimum atomic E-state index is -2.22. The SMILES string of the molecule is CC(OOCC1C(C(=O)O)CCC([N+](=O)[O-])C1[N+](=O)[O-])OC(=O)C1C(C(=O)O)CCC([N+](=O)[O-])C1[N+](=O)[O-]. The summed E-state index contributed by atoms with van der Waals surface area (Å²) in [7, 11) is 0. The van der Waals surface area contributed by atoms with Crippen molar-refractivity contribution in [3.05, 3.63) is 40.5 Å². The molecular formula is C18H24N4O16. The lowest BCUT2D eigenvalue weighted by Crippen LogP contribution is -2.55. The Morgan fingerprint density at radius 3 is 1.71 bits per heavy atom. The van der Waals surface area contributed by atoms with Crippen LogP contribution in [0.5, 0.6) is 0 Å². The smallest absolute Gasteiger partial charge is 0.319 e. The lowest BCUT2D eigenvalue weighted by molar-refractivity contribution is -0.631. The van der Waals surface area contributed by atoms with Crippen LogP contribution < -0.4 is 0 Å². The van der Waals surface area contributed by atoms with Crippen molar-refractivity contribution in [1.82, 2.24) is 0 Å². The molecule has 20 heteroatoms. The van der Waals surface area contributed by atoms with Crippen molar-refractivity contribution in [1.29, 1.82) is 0 Å². The van der Waals surface area contributed by atoms with Crippen molar-refractivity contribution in [3.8, 4) is 0 Å². The Balaban J connectivity index is 2.13. The largest absolute Gasteiger partial charge is 0.481 e. The van der Waals surface area contributed by atoms with Crippen LogP contribution in [0.4, 0.5) is 0 Å². The summed E-state index contributed by atoms with van der Waals surface area (Å²) in [6, 6.07) is -7.73. The summed E-state index contributed by atoms with van der Waals surface area (Å²) in [5.41, 5.74) is 0. The highest BCUT2D eigenvalue weighted by Gasteiger charge is 2.59. The zero-order chi connectivity index (χ0) is 28.9. The molecular weight excluding hydrogens is 528 g/mol. The van der Waals surface area contributed by atoms with Gasteiger partial charge in [-0.15, -0.1) is 0 Å². The number of carbonyl (C=O) groups excluding carboxylic acids is 1. The second kappa shape index (κ2) is 12.4. The molecule has 0 aromatic carbocycles. The summed E-state index contributed by atoms with van der Waals surface area (Å²) >= 11 is 0. The van der Waals surface area contributed by atoms with E-state index in [0.29, 0.717) is 0 Å². The van der Waals surface area contributed by atoms with Crippen LogP contribution in [0.2, 0.25) is 0 Å². The zero-order valence-corrected chi connectivity index (χ0v) is 19.6. The normalized spacial score (nSPS) is 31.9. The molecule has 2 N–H and O–H groups in total. The number of nitro groups is 4. The Hall–Kier alpha value is -4.07. The van der Waals surface area contributed by atoms with Crippen LogP contribution in [0.3, 0.4) is 0 Å². The molecule has 0 spiro atoms. The second-order valence-electron chi connectivity index (χ2n) is 8.88. The number of hydrogen-bond donors (Lipinski definition) is 2. The van der Waals surface area contributed by atoms with Crippen LogP contribution in [-0.4, -0.2) is 84.9 Å². The van der Waals surface area contributed by atoms with E-state index in [9.17, 15) is 65.1 Å². The van der Waals surface area contributed by atoms with Gasteiger partial charge in [0, 0.05) is 39.5 Å². The highest BCUT2D eigenvalue weighted by atomic mass is 17.2. The molecule has 0 aromatic rings. The number of rotatable bonds is 12. The third kappa shape index (κ3) is 6.62. The van der Waals surface area contributed by atoms with Gasteiger partial charge in [-0.2, -0.15) is 4.89 Å². The van der Waals surface area contributed by atoms with Gasteiger partial charge in [-0.05, 0) is 12.8 Å². The van der Waals surface area contributed by atoms with E-state index >= 15 is 0 Å². The van der Waals surface area contributed by atoms with Gasteiger partial charge in [-0.1, -0.05) is 0 Å². The first-order chi connectivity index (χ1) is 17.7. The van der Waals surface area contributed by atoms with Crippen LogP contribution in [0.1, 0.15) is 32.6 Å². The van der Waals surface area contributed by atoms with Crippen molar-refractivity contribution in [3.63, 3.8) is 0 Å². The monoisotopic (exact) mass is 552 g/mol. The number of carbonyl (C=O) groups is 3. The van der Waals surface area contributed by atoms with Crippen LogP contribution in [0, 0.1) is 64.1 Å². The van der Waals surface area contributed by atoms with Gasteiger partial charge < -0.3 is 14.9 Å². The van der Waals surface area contributed by atoms with E-state index in [1.165, 1.54) is 0 Å². The molecule has 2 fully saturated rings. The molecule has 2 aliphatic rings. The molecule has 9 unspecified atom stereocenters. The van der Waals surface area contributed by atoms with E-state index in [2.05, 4.69) is 0 Å². The second-order valence-corrected chi connectivity index (χ2v) is 8.88. The van der Waals surface area contributed by atoms with E-state index in [-0.39, 0.29) is 12.8 Å². The van der Waals surface area contributed by atoms with Crippen LogP contribution in [0.15, 0.2) is 0 Å². The van der Waals surface area contributed by atoms with Gasteiger partial charge in [0.05, 0.1) is 24.4 Å². The first-order valence-electron chi connectivity index (χ1n) is 11.2. The highest BCUT2D eigenvalue weighted by Crippen LogP contribution is 2.36. The summed E-state index contributed by atoms with van der Waals surface area (Å²) in [5, 5.41) is 64.3. The fourth-order valence-corrected chi connectivity index (χ4v) is 5.04. The van der Waals surface area contributed by atoms with Crippen molar-refractivity contribution in [2.75, 3.05) is 6.61 Å². The third-order valence-corrected chi connectivity index (χ3v) is 6.77. The summed E-state index contributed by atoms with van der Waals surface area (Å²) in [6.45, 7) is 0.153. The van der Waals surface area contributed by atoms with Gasteiger partial charge >= 0.3 is 17.9 Å². The van der Waals surface area contributed by atoms with Crippen LogP contribution in [-0.2, 0) is 28.9 Å². The maximum atomic E-state index is 12.7. The lowest BCUT2D eigenvalue weighted by Gasteiger charge is -2.32. The van der Waals surface area contributed by atoms with Gasteiger partial charge in [-0.3, -0.25) is 54.8 Å². The average molecular weight is 552 g/mol. The minimum absolute atomic E-state index is 0.262. The quantitative estimate of drug-likeness (QED) is 0.102. The Morgan fingerprint density at radius 2 is 1.26 bits per heavy atom. The van der Waals surface area contributed by atoms with Gasteiger partial charge in [-0.25, -0.2) is 4.89 Å². The Kier molecular flexibility index (Phi) is 9.88. The van der Waals surface area contributed by atoms with E-state index in [1.54, 1.807) is 0 Å². The number of aliphatic carboxylic acids is 2. The van der Waals surface area contributed by atoms with Crippen LogP contribution >= 0.6 is 0 Å². The maximum absolute atomic E-state index is 12.7. The number of esters is 1. The summed E-state index contributed by atoms with van der Waals surface area (Å²) in [6.07, 6.45) is -3.26. The fourth-order valence-electron chi connectivity index (χ4n) is 5.04. The van der Waals surface area contributed by atoms with Gasteiger partial charge in [0.2, 0.25) is 6.29 Å². The summed E-state index contributed by atoms with van der Waals surface area (Å²) in [5.74, 6) is -11.3. The van der Waals surface area contributed by atoms with E-state index in [0.717, 1.165) is 6.92 Å². The van der Waals surface area contributed by atoms with Gasteiger partial charge in [0.25, 0.3) is 24.2 Å². The number of carboxylic acids is 2. The number of ether oxygens (including phenoxy) is 1. The van der Waals surface area contributed by atoms with Crippen molar-refractivity contribution in [2.24, 2.45) is 23.7 Å². The molecule has 9 atom stereocenters. The molecule has 20 nitrogen and oxygen atoms in total. The molecule has 212 valence electrons. The first-order valence-corrected chi connectivity index (χ1v) is 11.2. The van der Waals surface area contributed by atoms with Crippen molar-refractivity contribution >= 4 is 17.9 Å². The molecule has 2 saturated carbocycles. The predicted molar refractivity (Wildman–Crippen MR) is 113 cm³/mol. The molecule has 2 rings (SSSR count). The molecule has 0 saturated heterocycles. The Morgan fingerprint density at radius 1 is 0.789 bits per heavy atom. The van der Waals surface area contributed by atoms with Crippen molar-refractivity contribution in [2.45, 2.75) is 63.1 Å². The van der Waals surface area contributed by atoms with E-state index in [4.69, 9.17) is 14.5 Å². The Bertz CT molecular complexity index is 989.